The van der Waals surface area contributed by atoms with E-state index in [4.69, 9.17) is 4.74 Å². The summed E-state index contributed by atoms with van der Waals surface area (Å²) < 4.78 is 8.49. The van der Waals surface area contributed by atoms with Gasteiger partial charge in [0.25, 0.3) is 0 Å². The molecule has 6 heteroatoms. The molecule has 0 unspecified atom stereocenters. The molecule has 4 aromatic rings. The number of nitrogens with zero attached hydrogens (tertiary/aromatic N) is 3. The Labute approximate surface area is 183 Å². The van der Waals surface area contributed by atoms with Crippen LogP contribution in [0.5, 0.6) is 5.75 Å². The third kappa shape index (κ3) is 4.54. The molecule has 0 aliphatic heterocycles. The van der Waals surface area contributed by atoms with Gasteiger partial charge in [0.05, 0.1) is 7.11 Å². The van der Waals surface area contributed by atoms with E-state index in [1.54, 1.807) is 18.9 Å². The van der Waals surface area contributed by atoms with Crippen LogP contribution in [0.2, 0.25) is 0 Å². The van der Waals surface area contributed by atoms with E-state index in [0.29, 0.717) is 0 Å². The van der Waals surface area contributed by atoms with Crippen LogP contribution in [-0.4, -0.2) is 21.9 Å². The molecule has 0 saturated carbocycles. The number of benzene rings is 3. The zero-order valence-corrected chi connectivity index (χ0v) is 18.6. The molecule has 4 nitrogen and oxygen atoms in total. The Kier molecular flexibility index (Phi) is 6.02. The van der Waals surface area contributed by atoms with Gasteiger partial charge in [-0.05, 0) is 48.9 Å². The standard InChI is InChI=1S/C23H20BrN3OS/c1-16-3-7-18(8-4-16)22-25-26-23(29-15-17-5-9-19(24)10-6-17)27(22)20-11-13-21(28-2)14-12-20/h3-14H,15H2,1-2H3. The summed E-state index contributed by atoms with van der Waals surface area (Å²) >= 11 is 5.16. The van der Waals surface area contributed by atoms with Gasteiger partial charge >= 0.3 is 0 Å². The van der Waals surface area contributed by atoms with Crippen molar-refractivity contribution in [2.75, 3.05) is 7.11 Å². The van der Waals surface area contributed by atoms with E-state index in [0.717, 1.165) is 38.2 Å². The van der Waals surface area contributed by atoms with E-state index >= 15 is 0 Å². The predicted octanol–water partition coefficient (Wildman–Crippen LogP) is 6.31. The predicted molar refractivity (Wildman–Crippen MR) is 122 cm³/mol. The SMILES string of the molecule is COc1ccc(-n2c(SCc3ccc(Br)cc3)nnc2-c2ccc(C)cc2)cc1. The molecule has 3 aromatic carbocycles. The van der Waals surface area contributed by atoms with Crippen LogP contribution in [0.15, 0.2) is 82.4 Å². The van der Waals surface area contributed by atoms with Crippen molar-refractivity contribution >= 4 is 27.7 Å². The van der Waals surface area contributed by atoms with E-state index in [1.807, 2.05) is 24.3 Å². The van der Waals surface area contributed by atoms with Gasteiger partial charge in [-0.25, -0.2) is 0 Å². The number of aromatic nitrogens is 3. The van der Waals surface area contributed by atoms with E-state index in [9.17, 15) is 0 Å². The maximum absolute atomic E-state index is 5.31. The van der Waals surface area contributed by atoms with Crippen molar-refractivity contribution in [3.63, 3.8) is 0 Å². The average molecular weight is 466 g/mol. The number of aryl methyl sites for hydroxylation is 1. The minimum Gasteiger partial charge on any atom is -0.497 e. The zero-order chi connectivity index (χ0) is 20.2. The fraction of sp³-hybridized carbons (Fsp3) is 0.130. The van der Waals surface area contributed by atoms with E-state index in [2.05, 4.69) is 86.1 Å². The number of rotatable bonds is 6. The summed E-state index contributed by atoms with van der Waals surface area (Å²) in [5, 5.41) is 9.87. The molecule has 0 atom stereocenters. The summed E-state index contributed by atoms with van der Waals surface area (Å²) in [4.78, 5) is 0. The van der Waals surface area contributed by atoms with Crippen molar-refractivity contribution in [1.29, 1.82) is 0 Å². The smallest absolute Gasteiger partial charge is 0.196 e. The molecule has 0 radical (unpaired) electrons. The van der Waals surface area contributed by atoms with E-state index in [1.165, 1.54) is 11.1 Å². The fourth-order valence-corrected chi connectivity index (χ4v) is 4.12. The summed E-state index contributed by atoms with van der Waals surface area (Å²) in [6.07, 6.45) is 0. The molecule has 1 heterocycles. The van der Waals surface area contributed by atoms with Crippen molar-refractivity contribution in [2.24, 2.45) is 0 Å². The number of methoxy groups -OCH3 is 1. The Hall–Kier alpha value is -2.57. The van der Waals surface area contributed by atoms with Gasteiger partial charge in [-0.1, -0.05) is 69.7 Å². The van der Waals surface area contributed by atoms with Crippen molar-refractivity contribution in [3.05, 3.63) is 88.4 Å². The van der Waals surface area contributed by atoms with Crippen molar-refractivity contribution in [3.8, 4) is 22.8 Å². The summed E-state index contributed by atoms with van der Waals surface area (Å²) in [6.45, 7) is 2.08. The first kappa shape index (κ1) is 19.7. The Bertz CT molecular complexity index is 1090. The highest BCUT2D eigenvalue weighted by molar-refractivity contribution is 9.10. The second-order valence-corrected chi connectivity index (χ2v) is 8.48. The number of ether oxygens (including phenoxy) is 1. The quantitative estimate of drug-likeness (QED) is 0.313. The van der Waals surface area contributed by atoms with Gasteiger partial charge in [0, 0.05) is 21.5 Å². The molecule has 0 aliphatic carbocycles. The summed E-state index contributed by atoms with van der Waals surface area (Å²) in [5.41, 5.74) is 4.49. The third-order valence-electron chi connectivity index (χ3n) is 4.55. The van der Waals surface area contributed by atoms with E-state index in [-0.39, 0.29) is 0 Å². The molecule has 0 aliphatic rings. The molecule has 1 aromatic heterocycles. The van der Waals surface area contributed by atoms with Crippen LogP contribution in [-0.2, 0) is 5.75 Å². The summed E-state index contributed by atoms with van der Waals surface area (Å²) in [7, 11) is 1.67. The normalized spacial score (nSPS) is 10.9. The summed E-state index contributed by atoms with van der Waals surface area (Å²) in [5.74, 6) is 2.46. The second-order valence-electron chi connectivity index (χ2n) is 6.62. The molecule has 4 rings (SSSR count). The van der Waals surface area contributed by atoms with Gasteiger partial charge < -0.3 is 4.74 Å². The molecule has 29 heavy (non-hydrogen) atoms. The number of hydrogen-bond acceptors (Lipinski definition) is 4. The number of halogens is 1. The number of hydrogen-bond donors (Lipinski definition) is 0. The Morgan fingerprint density at radius 2 is 1.59 bits per heavy atom. The van der Waals surface area contributed by atoms with Crippen LogP contribution in [0, 0.1) is 6.92 Å². The minimum absolute atomic E-state index is 0.815. The monoisotopic (exact) mass is 465 g/mol. The van der Waals surface area contributed by atoms with Crippen molar-refractivity contribution < 1.29 is 4.74 Å². The molecule has 0 fully saturated rings. The Morgan fingerprint density at radius 3 is 2.24 bits per heavy atom. The highest BCUT2D eigenvalue weighted by atomic mass is 79.9. The van der Waals surface area contributed by atoms with Crippen LogP contribution in [0.25, 0.3) is 17.1 Å². The van der Waals surface area contributed by atoms with Crippen LogP contribution in [0.3, 0.4) is 0 Å². The fourth-order valence-electron chi connectivity index (χ4n) is 2.95. The molecule has 0 bridgehead atoms. The molecule has 0 spiro atoms. The molecular weight excluding hydrogens is 446 g/mol. The van der Waals surface area contributed by atoms with E-state index < -0.39 is 0 Å². The highest BCUT2D eigenvalue weighted by Gasteiger charge is 2.16. The zero-order valence-electron chi connectivity index (χ0n) is 16.2. The van der Waals surface area contributed by atoms with Crippen LogP contribution in [0.1, 0.15) is 11.1 Å². The van der Waals surface area contributed by atoms with Gasteiger partial charge in [-0.2, -0.15) is 0 Å². The van der Waals surface area contributed by atoms with Gasteiger partial charge in [0.15, 0.2) is 11.0 Å². The Balaban J connectivity index is 1.71. The second kappa shape index (κ2) is 8.84. The Morgan fingerprint density at radius 1 is 0.897 bits per heavy atom. The minimum atomic E-state index is 0.815. The molecule has 146 valence electrons. The first-order chi connectivity index (χ1) is 14.1. The first-order valence-corrected chi connectivity index (χ1v) is 11.0. The van der Waals surface area contributed by atoms with Gasteiger partial charge in [0.2, 0.25) is 0 Å². The lowest BCUT2D eigenvalue weighted by Crippen LogP contribution is -2.00. The first-order valence-electron chi connectivity index (χ1n) is 9.18. The van der Waals surface area contributed by atoms with Gasteiger partial charge in [0.1, 0.15) is 5.75 Å². The van der Waals surface area contributed by atoms with Crippen molar-refractivity contribution in [1.82, 2.24) is 14.8 Å². The summed E-state index contributed by atoms with van der Waals surface area (Å²) in [6, 6.07) is 24.7. The lowest BCUT2D eigenvalue weighted by molar-refractivity contribution is 0.414. The third-order valence-corrected chi connectivity index (χ3v) is 6.08. The molecule has 0 N–H and O–H groups in total. The van der Waals surface area contributed by atoms with Crippen molar-refractivity contribution in [2.45, 2.75) is 17.8 Å². The largest absolute Gasteiger partial charge is 0.497 e. The maximum atomic E-state index is 5.31. The van der Waals surface area contributed by atoms with Gasteiger partial charge in [-0.15, -0.1) is 10.2 Å². The molecular formula is C23H20BrN3OS. The lowest BCUT2D eigenvalue weighted by Gasteiger charge is -2.11. The highest BCUT2D eigenvalue weighted by Crippen LogP contribution is 2.30. The van der Waals surface area contributed by atoms with Crippen LogP contribution >= 0.6 is 27.7 Å². The maximum Gasteiger partial charge on any atom is 0.196 e. The van der Waals surface area contributed by atoms with Crippen LogP contribution in [0.4, 0.5) is 0 Å². The molecule has 0 amide bonds. The molecule has 0 saturated heterocycles. The lowest BCUT2D eigenvalue weighted by atomic mass is 10.1. The number of thioether (sulfide) groups is 1. The van der Waals surface area contributed by atoms with Crippen LogP contribution < -0.4 is 4.74 Å². The topological polar surface area (TPSA) is 39.9 Å². The average Bonchev–Trinajstić information content (AvgIpc) is 3.18. The van der Waals surface area contributed by atoms with Gasteiger partial charge in [-0.3, -0.25) is 4.57 Å².